The zero-order valence-corrected chi connectivity index (χ0v) is 10.6. The molecule has 2 rings (SSSR count). The normalized spacial score (nSPS) is 11.9. The second-order valence-corrected chi connectivity index (χ2v) is 5.66. The van der Waals surface area contributed by atoms with Crippen LogP contribution in [0, 0.1) is 0 Å². The van der Waals surface area contributed by atoms with E-state index in [1.807, 2.05) is 0 Å². The minimum Gasteiger partial charge on any atom is -0.472 e. The Morgan fingerprint density at radius 3 is 2.83 bits per heavy atom. The van der Waals surface area contributed by atoms with E-state index in [2.05, 4.69) is 4.72 Å². The van der Waals surface area contributed by atoms with E-state index in [0.29, 0.717) is 5.69 Å². The largest absolute Gasteiger partial charge is 0.472 e. The molecule has 0 atom stereocenters. The molecule has 2 heterocycles. The van der Waals surface area contributed by atoms with Gasteiger partial charge in [-0.3, -0.25) is 0 Å². The van der Waals surface area contributed by atoms with Gasteiger partial charge >= 0.3 is 0 Å². The van der Waals surface area contributed by atoms with E-state index < -0.39 is 10.0 Å². The van der Waals surface area contributed by atoms with Crippen LogP contribution < -0.4 is 4.72 Å². The van der Waals surface area contributed by atoms with Crippen LogP contribution in [0.2, 0.25) is 0 Å². The molecule has 0 unspecified atom stereocenters. The quantitative estimate of drug-likeness (QED) is 0.832. The van der Waals surface area contributed by atoms with E-state index in [-0.39, 0.29) is 18.0 Å². The average molecular weight is 270 g/mol. The van der Waals surface area contributed by atoms with Gasteiger partial charge < -0.3 is 14.1 Å². The van der Waals surface area contributed by atoms with E-state index in [4.69, 9.17) is 9.52 Å². The van der Waals surface area contributed by atoms with Crippen molar-refractivity contribution in [2.75, 3.05) is 0 Å². The molecule has 2 aromatic heterocycles. The monoisotopic (exact) mass is 270 g/mol. The maximum Gasteiger partial charge on any atom is 0.242 e. The van der Waals surface area contributed by atoms with Gasteiger partial charge in [-0.1, -0.05) is 0 Å². The third-order valence-electron chi connectivity index (χ3n) is 2.60. The first-order valence-electron chi connectivity index (χ1n) is 5.30. The fourth-order valence-electron chi connectivity index (χ4n) is 1.54. The van der Waals surface area contributed by atoms with Crippen LogP contribution in [0.1, 0.15) is 11.3 Å². The lowest BCUT2D eigenvalue weighted by molar-refractivity contribution is 0.272. The minimum atomic E-state index is -3.57. The van der Waals surface area contributed by atoms with Gasteiger partial charge in [0.2, 0.25) is 10.0 Å². The lowest BCUT2D eigenvalue weighted by Crippen LogP contribution is -2.22. The summed E-state index contributed by atoms with van der Waals surface area (Å²) in [7, 11) is -1.89. The fraction of sp³-hybridized carbons (Fsp3) is 0.273. The molecule has 6 nitrogen and oxygen atoms in total. The molecule has 0 saturated heterocycles. The Bertz CT molecular complexity index is 614. The molecule has 0 radical (unpaired) electrons. The smallest absolute Gasteiger partial charge is 0.242 e. The van der Waals surface area contributed by atoms with Crippen molar-refractivity contribution in [3.63, 3.8) is 0 Å². The molecule has 2 N–H and O–H groups in total. The van der Waals surface area contributed by atoms with Crippen LogP contribution in [0.3, 0.4) is 0 Å². The Hall–Kier alpha value is -1.57. The first kappa shape index (κ1) is 12.9. The molecule has 0 fully saturated rings. The molecule has 2 aromatic rings. The molecule has 0 bridgehead atoms. The highest BCUT2D eigenvalue weighted by Gasteiger charge is 2.17. The summed E-state index contributed by atoms with van der Waals surface area (Å²) in [6.45, 7) is -0.0318. The topological polar surface area (TPSA) is 84.5 Å². The molecule has 0 aliphatic rings. The number of rotatable bonds is 5. The van der Waals surface area contributed by atoms with Gasteiger partial charge in [-0.05, 0) is 12.1 Å². The van der Waals surface area contributed by atoms with Crippen molar-refractivity contribution < 1.29 is 17.9 Å². The summed E-state index contributed by atoms with van der Waals surface area (Å²) in [4.78, 5) is 0.137. The lowest BCUT2D eigenvalue weighted by atomic mass is 10.4. The number of hydrogen-bond acceptors (Lipinski definition) is 4. The van der Waals surface area contributed by atoms with E-state index in [0.717, 1.165) is 5.56 Å². The number of aryl methyl sites for hydroxylation is 1. The van der Waals surface area contributed by atoms with E-state index in [1.54, 1.807) is 17.7 Å². The molecule has 0 aliphatic carbocycles. The Morgan fingerprint density at radius 2 is 2.28 bits per heavy atom. The van der Waals surface area contributed by atoms with Gasteiger partial charge in [0.1, 0.15) is 0 Å². The number of aliphatic hydroxyl groups is 1. The highest BCUT2D eigenvalue weighted by molar-refractivity contribution is 7.89. The van der Waals surface area contributed by atoms with Gasteiger partial charge in [-0.25, -0.2) is 13.1 Å². The molecule has 0 amide bonds. The third-order valence-corrected chi connectivity index (χ3v) is 3.97. The van der Waals surface area contributed by atoms with Gasteiger partial charge in [0.05, 0.1) is 24.0 Å². The molecule has 0 aromatic carbocycles. The number of sulfonamides is 1. The van der Waals surface area contributed by atoms with E-state index in [9.17, 15) is 8.42 Å². The summed E-state index contributed by atoms with van der Waals surface area (Å²) < 4.78 is 32.8. The lowest BCUT2D eigenvalue weighted by Gasteiger charge is -2.02. The van der Waals surface area contributed by atoms with Crippen LogP contribution in [0.4, 0.5) is 0 Å². The first-order valence-corrected chi connectivity index (χ1v) is 6.78. The fourth-order valence-corrected chi connectivity index (χ4v) is 2.65. The predicted molar refractivity (Wildman–Crippen MR) is 64.1 cm³/mol. The Labute approximate surface area is 105 Å². The van der Waals surface area contributed by atoms with Crippen molar-refractivity contribution in [3.05, 3.63) is 42.1 Å². The molecule has 0 saturated carbocycles. The molecular weight excluding hydrogens is 256 g/mol. The second kappa shape index (κ2) is 4.97. The van der Waals surface area contributed by atoms with Crippen LogP contribution in [0.5, 0.6) is 0 Å². The van der Waals surface area contributed by atoms with Gasteiger partial charge in [0.25, 0.3) is 0 Å². The molecule has 0 spiro atoms. The molecule has 18 heavy (non-hydrogen) atoms. The van der Waals surface area contributed by atoms with Crippen molar-refractivity contribution in [3.8, 4) is 0 Å². The standard InChI is InChI=1S/C11H14N2O4S/c1-13-6-11(4-10(13)7-14)18(15,16)12-5-9-2-3-17-8-9/h2-4,6,8,12,14H,5,7H2,1H3. The van der Waals surface area contributed by atoms with Gasteiger partial charge in [0.15, 0.2) is 0 Å². The van der Waals surface area contributed by atoms with Crippen LogP contribution in [-0.4, -0.2) is 18.1 Å². The SMILES string of the molecule is Cn1cc(S(=O)(=O)NCc2ccoc2)cc1CO. The Balaban J connectivity index is 2.14. The zero-order chi connectivity index (χ0) is 13.2. The van der Waals surface area contributed by atoms with Crippen molar-refractivity contribution in [2.45, 2.75) is 18.0 Å². The molecule has 7 heteroatoms. The zero-order valence-electron chi connectivity index (χ0n) is 9.83. The summed E-state index contributed by atoms with van der Waals surface area (Å²) in [6.07, 6.45) is 4.42. The van der Waals surface area contributed by atoms with Crippen molar-refractivity contribution in [1.82, 2.24) is 9.29 Å². The maximum absolute atomic E-state index is 12.0. The number of aliphatic hydroxyl groups excluding tert-OH is 1. The molecular formula is C11H14N2O4S. The number of nitrogens with zero attached hydrogens (tertiary/aromatic N) is 1. The number of furan rings is 1. The van der Waals surface area contributed by atoms with Crippen molar-refractivity contribution >= 4 is 10.0 Å². The van der Waals surface area contributed by atoms with Crippen LogP contribution in [-0.2, 0) is 30.2 Å². The molecule has 0 aliphatic heterocycles. The van der Waals surface area contributed by atoms with Gasteiger partial charge in [-0.15, -0.1) is 0 Å². The Morgan fingerprint density at radius 1 is 1.50 bits per heavy atom. The van der Waals surface area contributed by atoms with Crippen molar-refractivity contribution in [2.24, 2.45) is 7.05 Å². The summed E-state index contributed by atoms with van der Waals surface area (Å²) in [5.74, 6) is 0. The minimum absolute atomic E-state index is 0.137. The van der Waals surface area contributed by atoms with Crippen molar-refractivity contribution in [1.29, 1.82) is 0 Å². The number of nitrogens with one attached hydrogen (secondary N) is 1. The average Bonchev–Trinajstić information content (AvgIpc) is 2.95. The Kier molecular flexibility index (Phi) is 3.55. The summed E-state index contributed by atoms with van der Waals surface area (Å²) in [5.41, 5.74) is 1.29. The van der Waals surface area contributed by atoms with Crippen LogP contribution >= 0.6 is 0 Å². The highest BCUT2D eigenvalue weighted by Crippen LogP contribution is 2.14. The van der Waals surface area contributed by atoms with Crippen LogP contribution in [0.25, 0.3) is 0 Å². The first-order chi connectivity index (χ1) is 8.53. The molecule has 98 valence electrons. The number of hydrogen-bond donors (Lipinski definition) is 2. The highest BCUT2D eigenvalue weighted by atomic mass is 32.2. The maximum atomic E-state index is 12.0. The summed E-state index contributed by atoms with van der Waals surface area (Å²) in [5, 5.41) is 9.03. The van der Waals surface area contributed by atoms with Gasteiger partial charge in [-0.2, -0.15) is 0 Å². The second-order valence-electron chi connectivity index (χ2n) is 3.89. The summed E-state index contributed by atoms with van der Waals surface area (Å²) >= 11 is 0. The van der Waals surface area contributed by atoms with E-state index >= 15 is 0 Å². The third kappa shape index (κ3) is 2.63. The number of aromatic nitrogens is 1. The summed E-state index contributed by atoms with van der Waals surface area (Å²) in [6, 6.07) is 3.13. The van der Waals surface area contributed by atoms with Crippen LogP contribution in [0.15, 0.2) is 40.2 Å². The van der Waals surface area contributed by atoms with E-state index in [1.165, 1.54) is 24.8 Å². The predicted octanol–water partition coefficient (Wildman–Crippen LogP) is 0.589. The van der Waals surface area contributed by atoms with Gasteiger partial charge in [0, 0.05) is 31.0 Å².